The quantitative estimate of drug-likeness (QED) is 0.917. The summed E-state index contributed by atoms with van der Waals surface area (Å²) >= 11 is 0. The van der Waals surface area contributed by atoms with Gasteiger partial charge in [0.1, 0.15) is 10.7 Å². The molecule has 1 saturated heterocycles. The maximum atomic E-state index is 14.2. The zero-order valence-electron chi connectivity index (χ0n) is 11.5. The van der Waals surface area contributed by atoms with Gasteiger partial charge in [0.15, 0.2) is 5.82 Å². The number of carbonyl (C=O) groups excluding carboxylic acids is 1. The van der Waals surface area contributed by atoms with Gasteiger partial charge in [-0.1, -0.05) is 13.3 Å². The highest BCUT2D eigenvalue weighted by atomic mass is 32.2. The average molecular weight is 318 g/mol. The van der Waals surface area contributed by atoms with Gasteiger partial charge in [0.25, 0.3) is 5.91 Å². The van der Waals surface area contributed by atoms with Crippen molar-refractivity contribution in [3.63, 3.8) is 0 Å². The molecule has 1 aromatic carbocycles. The Morgan fingerprint density at radius 2 is 2.10 bits per heavy atom. The normalized spacial score (nSPS) is 19.0. The molecule has 5 nitrogen and oxygen atoms in total. The number of sulfonamides is 1. The molecule has 21 heavy (non-hydrogen) atoms. The second-order valence-corrected chi connectivity index (χ2v) is 6.65. The van der Waals surface area contributed by atoms with E-state index in [0.717, 1.165) is 12.8 Å². The highest BCUT2D eigenvalue weighted by Gasteiger charge is 2.30. The summed E-state index contributed by atoms with van der Waals surface area (Å²) in [4.78, 5) is 12.6. The van der Waals surface area contributed by atoms with E-state index < -0.39 is 38.0 Å². The lowest BCUT2D eigenvalue weighted by molar-refractivity contribution is 0.0781. The van der Waals surface area contributed by atoms with Crippen molar-refractivity contribution in [3.8, 4) is 0 Å². The van der Waals surface area contributed by atoms with E-state index in [1.165, 1.54) is 4.90 Å². The largest absolute Gasteiger partial charge is 0.338 e. The summed E-state index contributed by atoms with van der Waals surface area (Å²) in [6.07, 6.45) is 1.68. The van der Waals surface area contributed by atoms with Crippen LogP contribution in [0.15, 0.2) is 17.0 Å². The van der Waals surface area contributed by atoms with Crippen molar-refractivity contribution in [3.05, 3.63) is 29.3 Å². The molecule has 0 aliphatic carbocycles. The van der Waals surface area contributed by atoms with Crippen LogP contribution in [0.4, 0.5) is 8.78 Å². The van der Waals surface area contributed by atoms with E-state index in [2.05, 4.69) is 0 Å². The van der Waals surface area contributed by atoms with E-state index in [-0.39, 0.29) is 0 Å². The summed E-state index contributed by atoms with van der Waals surface area (Å²) in [5, 5.41) is 4.83. The van der Waals surface area contributed by atoms with Crippen molar-refractivity contribution in [1.29, 1.82) is 0 Å². The molecular weight excluding hydrogens is 302 g/mol. The Morgan fingerprint density at radius 3 is 2.62 bits per heavy atom. The number of carbonyl (C=O) groups is 1. The van der Waals surface area contributed by atoms with Crippen molar-refractivity contribution in [1.82, 2.24) is 4.90 Å². The van der Waals surface area contributed by atoms with E-state index in [1.807, 2.05) is 6.92 Å². The number of hydrogen-bond donors (Lipinski definition) is 1. The third-order valence-electron chi connectivity index (χ3n) is 3.69. The molecule has 0 aromatic heterocycles. The van der Waals surface area contributed by atoms with Crippen molar-refractivity contribution < 1.29 is 22.0 Å². The molecule has 0 spiro atoms. The summed E-state index contributed by atoms with van der Waals surface area (Å²) < 4.78 is 50.1. The third kappa shape index (κ3) is 3.21. The van der Waals surface area contributed by atoms with Gasteiger partial charge in [0.05, 0.1) is 5.56 Å². The monoisotopic (exact) mass is 318 g/mol. The topological polar surface area (TPSA) is 80.5 Å². The SMILES string of the molecule is CCC1CCN(C(=O)c2cc(F)cc(S(N)(=O)=O)c2F)C1. The summed E-state index contributed by atoms with van der Waals surface area (Å²) in [5.74, 6) is -2.71. The Balaban J connectivity index is 2.41. The molecular formula is C13H16F2N2O3S. The predicted octanol–water partition coefficient (Wildman–Crippen LogP) is 1.48. The zero-order valence-corrected chi connectivity index (χ0v) is 12.3. The molecule has 1 unspecified atom stereocenters. The van der Waals surface area contributed by atoms with E-state index in [0.29, 0.717) is 31.1 Å². The van der Waals surface area contributed by atoms with Crippen LogP contribution in [0.25, 0.3) is 0 Å². The van der Waals surface area contributed by atoms with Crippen molar-refractivity contribution in [2.24, 2.45) is 11.1 Å². The van der Waals surface area contributed by atoms with Crippen LogP contribution in [0.5, 0.6) is 0 Å². The number of halogens is 2. The minimum absolute atomic E-state index is 0.322. The number of rotatable bonds is 3. The van der Waals surface area contributed by atoms with Crippen LogP contribution in [0.2, 0.25) is 0 Å². The molecule has 1 heterocycles. The van der Waals surface area contributed by atoms with Crippen LogP contribution >= 0.6 is 0 Å². The lowest BCUT2D eigenvalue weighted by atomic mass is 10.1. The Hall–Kier alpha value is -1.54. The predicted molar refractivity (Wildman–Crippen MR) is 72.0 cm³/mol. The molecule has 2 rings (SSSR count). The van der Waals surface area contributed by atoms with Gasteiger partial charge in [-0.05, 0) is 24.5 Å². The molecule has 1 amide bonds. The Morgan fingerprint density at radius 1 is 1.43 bits per heavy atom. The number of amides is 1. The van der Waals surface area contributed by atoms with Gasteiger partial charge in [-0.25, -0.2) is 22.3 Å². The molecule has 1 aliphatic rings. The Labute approximate surface area is 121 Å². The fraction of sp³-hybridized carbons (Fsp3) is 0.462. The molecule has 8 heteroatoms. The van der Waals surface area contributed by atoms with Gasteiger partial charge in [0.2, 0.25) is 10.0 Å². The molecule has 0 bridgehead atoms. The summed E-state index contributed by atoms with van der Waals surface area (Å²) in [6, 6.07) is 1.17. The van der Waals surface area contributed by atoms with E-state index in [9.17, 15) is 22.0 Å². The Bertz CT molecular complexity index is 676. The van der Waals surface area contributed by atoms with Crippen LogP contribution in [0.1, 0.15) is 30.1 Å². The molecule has 1 fully saturated rings. The van der Waals surface area contributed by atoms with Crippen LogP contribution in [0.3, 0.4) is 0 Å². The fourth-order valence-electron chi connectivity index (χ4n) is 2.45. The molecule has 1 aromatic rings. The van der Waals surface area contributed by atoms with Gasteiger partial charge < -0.3 is 4.90 Å². The van der Waals surface area contributed by atoms with Gasteiger partial charge >= 0.3 is 0 Å². The molecule has 1 atom stereocenters. The highest BCUT2D eigenvalue weighted by Crippen LogP contribution is 2.25. The first-order valence-corrected chi connectivity index (χ1v) is 8.09. The van der Waals surface area contributed by atoms with Crippen LogP contribution < -0.4 is 5.14 Å². The minimum atomic E-state index is -4.44. The maximum absolute atomic E-state index is 14.2. The molecule has 0 saturated carbocycles. The van der Waals surface area contributed by atoms with E-state index >= 15 is 0 Å². The van der Waals surface area contributed by atoms with E-state index in [4.69, 9.17) is 5.14 Å². The average Bonchev–Trinajstić information content (AvgIpc) is 2.87. The second kappa shape index (κ2) is 5.69. The van der Waals surface area contributed by atoms with Gasteiger partial charge in [0, 0.05) is 13.1 Å². The number of nitrogens with two attached hydrogens (primary N) is 1. The standard InChI is InChI=1S/C13H16F2N2O3S/c1-2-8-3-4-17(7-8)13(18)10-5-9(14)6-11(12(10)15)21(16,19)20/h5-6,8H,2-4,7H2,1H3,(H2,16,19,20). The van der Waals surface area contributed by atoms with Crippen molar-refractivity contribution in [2.45, 2.75) is 24.7 Å². The molecule has 1 aliphatic heterocycles. The van der Waals surface area contributed by atoms with Gasteiger partial charge in [-0.2, -0.15) is 0 Å². The number of benzene rings is 1. The number of likely N-dealkylation sites (tertiary alicyclic amines) is 1. The first kappa shape index (κ1) is 15.8. The van der Waals surface area contributed by atoms with Crippen LogP contribution in [-0.2, 0) is 10.0 Å². The smallest absolute Gasteiger partial charge is 0.256 e. The third-order valence-corrected chi connectivity index (χ3v) is 4.60. The molecule has 0 radical (unpaired) electrons. The van der Waals surface area contributed by atoms with Gasteiger partial charge in [-0.15, -0.1) is 0 Å². The Kier molecular flexibility index (Phi) is 4.29. The first-order chi connectivity index (χ1) is 9.74. The molecule has 116 valence electrons. The number of primary sulfonamides is 1. The zero-order chi connectivity index (χ0) is 15.8. The summed E-state index contributed by atoms with van der Waals surface area (Å²) in [6.45, 7) is 2.88. The summed E-state index contributed by atoms with van der Waals surface area (Å²) in [7, 11) is -4.44. The van der Waals surface area contributed by atoms with Crippen LogP contribution in [0, 0.1) is 17.6 Å². The minimum Gasteiger partial charge on any atom is -0.338 e. The highest BCUT2D eigenvalue weighted by molar-refractivity contribution is 7.89. The summed E-state index contributed by atoms with van der Waals surface area (Å²) in [5.41, 5.74) is -0.601. The van der Waals surface area contributed by atoms with Gasteiger partial charge in [-0.3, -0.25) is 4.79 Å². The maximum Gasteiger partial charge on any atom is 0.256 e. The van der Waals surface area contributed by atoms with Crippen molar-refractivity contribution >= 4 is 15.9 Å². The van der Waals surface area contributed by atoms with Crippen molar-refractivity contribution in [2.75, 3.05) is 13.1 Å². The molecule has 2 N–H and O–H groups in total. The first-order valence-electron chi connectivity index (χ1n) is 6.55. The second-order valence-electron chi connectivity index (χ2n) is 5.12. The van der Waals surface area contributed by atoms with Crippen LogP contribution in [-0.4, -0.2) is 32.3 Å². The lowest BCUT2D eigenvalue weighted by Gasteiger charge is -2.17. The lowest BCUT2D eigenvalue weighted by Crippen LogP contribution is -2.30. The number of hydrogen-bond acceptors (Lipinski definition) is 3. The van der Waals surface area contributed by atoms with E-state index in [1.54, 1.807) is 0 Å². The fourth-order valence-corrected chi connectivity index (χ4v) is 3.08. The number of nitrogens with zero attached hydrogens (tertiary/aromatic N) is 1.